The first-order chi connectivity index (χ1) is 16.1. The van der Waals surface area contributed by atoms with E-state index < -0.39 is 0 Å². The first-order valence-corrected chi connectivity index (χ1v) is 10.9. The lowest BCUT2D eigenvalue weighted by molar-refractivity contribution is -0.126. The van der Waals surface area contributed by atoms with E-state index in [9.17, 15) is 9.59 Å². The van der Waals surface area contributed by atoms with Crippen molar-refractivity contribution in [3.63, 3.8) is 0 Å². The summed E-state index contributed by atoms with van der Waals surface area (Å²) < 4.78 is 6.90. The van der Waals surface area contributed by atoms with Crippen LogP contribution in [0.3, 0.4) is 0 Å². The minimum Gasteiger partial charge on any atom is -0.437 e. The molecule has 5 rings (SSSR count). The van der Waals surface area contributed by atoms with Crippen LogP contribution < -0.4 is 10.5 Å². The van der Waals surface area contributed by atoms with Gasteiger partial charge in [0.05, 0.1) is 17.6 Å². The minimum atomic E-state index is -0.375. The molecule has 1 aliphatic heterocycles. The zero-order chi connectivity index (χ0) is 22.8. The number of fused-ring (bicyclic) bond motifs is 1. The normalized spacial score (nSPS) is 14.3. The van der Waals surface area contributed by atoms with Crippen molar-refractivity contribution in [2.75, 3.05) is 31.1 Å². The van der Waals surface area contributed by atoms with Crippen LogP contribution in [0.4, 0.5) is 5.69 Å². The van der Waals surface area contributed by atoms with Crippen molar-refractivity contribution in [1.82, 2.24) is 19.7 Å². The van der Waals surface area contributed by atoms with Gasteiger partial charge in [0.2, 0.25) is 11.8 Å². The van der Waals surface area contributed by atoms with Crippen LogP contribution >= 0.6 is 11.6 Å². The number of benzene rings is 2. The Morgan fingerprint density at radius 2 is 1.73 bits per heavy atom. The summed E-state index contributed by atoms with van der Waals surface area (Å²) in [6.07, 6.45) is 4.65. The lowest BCUT2D eigenvalue weighted by atomic mass is 10.2. The van der Waals surface area contributed by atoms with Crippen molar-refractivity contribution in [1.29, 1.82) is 0 Å². The third-order valence-corrected chi connectivity index (χ3v) is 5.87. The van der Waals surface area contributed by atoms with Gasteiger partial charge in [0.15, 0.2) is 5.58 Å². The van der Waals surface area contributed by atoms with Crippen LogP contribution in [0.25, 0.3) is 22.9 Å². The molecule has 1 fully saturated rings. The largest absolute Gasteiger partial charge is 0.437 e. The molecule has 8 nitrogen and oxygen atoms in total. The number of hydrogen-bond donors (Lipinski definition) is 0. The molecule has 4 aromatic rings. The second-order valence-electron chi connectivity index (χ2n) is 7.56. The number of aromatic nitrogens is 3. The maximum Gasteiger partial charge on any atom is 0.292 e. The van der Waals surface area contributed by atoms with Gasteiger partial charge in [0, 0.05) is 38.3 Å². The highest BCUT2D eigenvalue weighted by Gasteiger charge is 2.23. The summed E-state index contributed by atoms with van der Waals surface area (Å²) >= 11 is 6.41. The Morgan fingerprint density at radius 1 is 1.00 bits per heavy atom. The summed E-state index contributed by atoms with van der Waals surface area (Å²) in [5.41, 5.74) is 2.27. The van der Waals surface area contributed by atoms with Gasteiger partial charge in [-0.25, -0.2) is 4.98 Å². The SMILES string of the molecule is O=C(/C=C/c1nc2ccccc2o1)N1CCN(c2cnn(-c3ccccc3)c(=O)c2Cl)CC1. The van der Waals surface area contributed by atoms with E-state index in [1.807, 2.05) is 47.4 Å². The monoisotopic (exact) mass is 461 g/mol. The molecule has 1 saturated heterocycles. The van der Waals surface area contributed by atoms with Crippen LogP contribution in [0.15, 0.2) is 76.1 Å². The standard InChI is InChI=1S/C24H20ClN5O3/c25-23-19(16-26-30(24(23)32)17-6-2-1-3-7-17)28-12-14-29(15-13-28)22(31)11-10-21-27-18-8-4-5-9-20(18)33-21/h1-11,16H,12-15H2/b11-10+. The highest BCUT2D eigenvalue weighted by atomic mass is 35.5. The molecule has 0 saturated carbocycles. The number of rotatable bonds is 4. The molecule has 0 aliphatic carbocycles. The van der Waals surface area contributed by atoms with E-state index in [1.54, 1.807) is 29.3 Å². The van der Waals surface area contributed by atoms with Crippen LogP contribution in [0.1, 0.15) is 5.89 Å². The van der Waals surface area contributed by atoms with E-state index in [0.717, 1.165) is 5.52 Å². The molecule has 166 valence electrons. The number of carbonyl (C=O) groups is 1. The molecule has 33 heavy (non-hydrogen) atoms. The number of nitrogens with zero attached hydrogens (tertiary/aromatic N) is 5. The molecule has 0 N–H and O–H groups in total. The Morgan fingerprint density at radius 3 is 2.48 bits per heavy atom. The molecule has 2 aromatic carbocycles. The third kappa shape index (κ3) is 4.25. The van der Waals surface area contributed by atoms with Crippen LogP contribution in [-0.4, -0.2) is 51.8 Å². The van der Waals surface area contributed by atoms with E-state index in [4.69, 9.17) is 16.0 Å². The number of halogens is 1. The van der Waals surface area contributed by atoms with Crippen molar-refractivity contribution in [3.8, 4) is 5.69 Å². The number of piperazine rings is 1. The summed E-state index contributed by atoms with van der Waals surface area (Å²) in [4.78, 5) is 33.4. The molecule has 9 heteroatoms. The Bertz CT molecular complexity index is 1360. The second kappa shape index (κ2) is 8.91. The lowest BCUT2D eigenvalue weighted by Gasteiger charge is -2.35. The van der Waals surface area contributed by atoms with Crippen LogP contribution in [-0.2, 0) is 4.79 Å². The molecule has 0 atom stereocenters. The summed E-state index contributed by atoms with van der Waals surface area (Å²) in [7, 11) is 0. The average Bonchev–Trinajstić information content (AvgIpc) is 3.28. The zero-order valence-electron chi connectivity index (χ0n) is 17.6. The smallest absolute Gasteiger partial charge is 0.292 e. The van der Waals surface area contributed by atoms with Gasteiger partial charge in [-0.3, -0.25) is 9.59 Å². The van der Waals surface area contributed by atoms with Gasteiger partial charge in [0.25, 0.3) is 5.56 Å². The van der Waals surface area contributed by atoms with Gasteiger partial charge in [-0.2, -0.15) is 9.78 Å². The lowest BCUT2D eigenvalue weighted by Crippen LogP contribution is -2.48. The Balaban J connectivity index is 1.25. The fraction of sp³-hybridized carbons (Fsp3) is 0.167. The van der Waals surface area contributed by atoms with E-state index >= 15 is 0 Å². The van der Waals surface area contributed by atoms with Crippen molar-refractivity contribution in [2.45, 2.75) is 0 Å². The highest BCUT2D eigenvalue weighted by Crippen LogP contribution is 2.23. The summed E-state index contributed by atoms with van der Waals surface area (Å²) in [6.45, 7) is 2.07. The van der Waals surface area contributed by atoms with Gasteiger partial charge in [-0.05, 0) is 24.3 Å². The van der Waals surface area contributed by atoms with E-state index in [1.165, 1.54) is 10.8 Å². The first-order valence-electron chi connectivity index (χ1n) is 10.5. The number of oxazole rings is 1. The zero-order valence-corrected chi connectivity index (χ0v) is 18.4. The Hall–Kier alpha value is -3.91. The minimum absolute atomic E-state index is 0.115. The van der Waals surface area contributed by atoms with Crippen molar-refractivity contribution < 1.29 is 9.21 Å². The Labute approximate surface area is 194 Å². The van der Waals surface area contributed by atoms with Crippen LogP contribution in [0, 0.1) is 0 Å². The van der Waals surface area contributed by atoms with Crippen LogP contribution in [0.5, 0.6) is 0 Å². The summed E-state index contributed by atoms with van der Waals surface area (Å²) in [5.74, 6) is 0.264. The number of amides is 1. The number of hydrogen-bond acceptors (Lipinski definition) is 6. The van der Waals surface area contributed by atoms with E-state index in [-0.39, 0.29) is 16.5 Å². The van der Waals surface area contributed by atoms with Gasteiger partial charge in [0.1, 0.15) is 10.5 Å². The highest BCUT2D eigenvalue weighted by molar-refractivity contribution is 6.33. The molecule has 0 bridgehead atoms. The maximum absolute atomic E-state index is 12.7. The number of para-hydroxylation sites is 3. The second-order valence-corrected chi connectivity index (χ2v) is 7.94. The van der Waals surface area contributed by atoms with Gasteiger partial charge in [-0.15, -0.1) is 0 Å². The van der Waals surface area contributed by atoms with Crippen molar-refractivity contribution in [2.24, 2.45) is 0 Å². The summed E-state index contributed by atoms with van der Waals surface area (Å²) in [6, 6.07) is 16.6. The van der Waals surface area contributed by atoms with E-state index in [2.05, 4.69) is 10.1 Å². The van der Waals surface area contributed by atoms with Gasteiger partial charge < -0.3 is 14.2 Å². The predicted molar refractivity (Wildman–Crippen MR) is 127 cm³/mol. The van der Waals surface area contributed by atoms with E-state index in [0.29, 0.717) is 49.0 Å². The quantitative estimate of drug-likeness (QED) is 0.433. The summed E-state index contributed by atoms with van der Waals surface area (Å²) in [5, 5.41) is 4.40. The number of anilines is 1. The third-order valence-electron chi connectivity index (χ3n) is 5.51. The van der Waals surface area contributed by atoms with Gasteiger partial charge >= 0.3 is 0 Å². The molecule has 1 aliphatic rings. The number of carbonyl (C=O) groups excluding carboxylic acids is 1. The average molecular weight is 462 g/mol. The van der Waals surface area contributed by atoms with Crippen molar-refractivity contribution >= 4 is 40.4 Å². The van der Waals surface area contributed by atoms with Gasteiger partial charge in [-0.1, -0.05) is 41.9 Å². The van der Waals surface area contributed by atoms with Crippen molar-refractivity contribution in [3.05, 3.63) is 88.1 Å². The molecular weight excluding hydrogens is 442 g/mol. The molecule has 3 heterocycles. The molecule has 0 spiro atoms. The fourth-order valence-electron chi connectivity index (χ4n) is 3.77. The van der Waals surface area contributed by atoms with Crippen LogP contribution in [0.2, 0.25) is 5.02 Å². The Kier molecular flexibility index (Phi) is 5.66. The molecule has 0 radical (unpaired) electrons. The topological polar surface area (TPSA) is 84.5 Å². The molecule has 0 unspecified atom stereocenters. The molecular formula is C24H20ClN5O3. The first kappa shape index (κ1) is 21.0. The fourth-order valence-corrected chi connectivity index (χ4v) is 4.02. The predicted octanol–water partition coefficient (Wildman–Crippen LogP) is 3.39. The maximum atomic E-state index is 12.7. The molecule has 1 amide bonds. The molecule has 2 aromatic heterocycles.